The first-order valence-corrected chi connectivity index (χ1v) is 10.2. The van der Waals surface area contributed by atoms with Gasteiger partial charge in [-0.2, -0.15) is 0 Å². The second-order valence-electron chi connectivity index (χ2n) is 6.75. The molecule has 0 N–H and O–H groups in total. The average Bonchev–Trinajstić information content (AvgIpc) is 2.89. The minimum atomic E-state index is -3.03. The minimum Gasteiger partial charge on any atom is -0.342 e. The van der Waals surface area contributed by atoms with Crippen molar-refractivity contribution in [1.82, 2.24) is 4.90 Å². The van der Waals surface area contributed by atoms with Crippen molar-refractivity contribution in [2.24, 2.45) is 0 Å². The zero-order valence-electron chi connectivity index (χ0n) is 15.3. The average molecular weight is 366 g/mol. The van der Waals surface area contributed by atoms with Crippen LogP contribution in [0.1, 0.15) is 30.9 Å². The SMILES string of the molecule is CC(=O)N(CCC(=O)N(C)C1CCS(=O)(=O)C1)c1ccc(C)c(C)c1. The Hall–Kier alpha value is -1.89. The van der Waals surface area contributed by atoms with Crippen molar-refractivity contribution in [3.05, 3.63) is 29.3 Å². The van der Waals surface area contributed by atoms with Crippen molar-refractivity contribution >= 4 is 27.3 Å². The Morgan fingerprint density at radius 3 is 2.40 bits per heavy atom. The van der Waals surface area contributed by atoms with E-state index in [1.165, 1.54) is 11.8 Å². The van der Waals surface area contributed by atoms with Crippen LogP contribution >= 0.6 is 0 Å². The normalized spacial score (nSPS) is 18.8. The van der Waals surface area contributed by atoms with Gasteiger partial charge in [0.1, 0.15) is 0 Å². The Morgan fingerprint density at radius 1 is 1.20 bits per heavy atom. The molecule has 1 atom stereocenters. The van der Waals surface area contributed by atoms with E-state index < -0.39 is 9.84 Å². The van der Waals surface area contributed by atoms with Crippen LogP contribution in [-0.2, 0) is 19.4 Å². The van der Waals surface area contributed by atoms with Gasteiger partial charge in [-0.3, -0.25) is 9.59 Å². The van der Waals surface area contributed by atoms with Crippen molar-refractivity contribution < 1.29 is 18.0 Å². The first-order valence-electron chi connectivity index (χ1n) is 8.42. The van der Waals surface area contributed by atoms with Gasteiger partial charge >= 0.3 is 0 Å². The quantitative estimate of drug-likeness (QED) is 0.795. The van der Waals surface area contributed by atoms with Gasteiger partial charge in [0, 0.05) is 38.7 Å². The lowest BCUT2D eigenvalue weighted by molar-refractivity contribution is -0.131. The number of hydrogen-bond acceptors (Lipinski definition) is 4. The van der Waals surface area contributed by atoms with Gasteiger partial charge in [0.25, 0.3) is 0 Å². The van der Waals surface area contributed by atoms with Gasteiger partial charge in [-0.25, -0.2) is 8.42 Å². The fraction of sp³-hybridized carbons (Fsp3) is 0.556. The number of benzene rings is 1. The molecule has 1 fully saturated rings. The van der Waals surface area contributed by atoms with Crippen molar-refractivity contribution in [2.45, 2.75) is 39.7 Å². The van der Waals surface area contributed by atoms with Crippen molar-refractivity contribution in [1.29, 1.82) is 0 Å². The number of sulfone groups is 1. The van der Waals surface area contributed by atoms with Gasteiger partial charge in [0.05, 0.1) is 11.5 Å². The molecule has 0 radical (unpaired) electrons. The molecule has 1 aromatic carbocycles. The van der Waals surface area contributed by atoms with Crippen LogP contribution in [0.3, 0.4) is 0 Å². The fourth-order valence-electron chi connectivity index (χ4n) is 3.03. The lowest BCUT2D eigenvalue weighted by atomic mass is 10.1. The van der Waals surface area contributed by atoms with Crippen LogP contribution in [0.4, 0.5) is 5.69 Å². The maximum Gasteiger partial charge on any atom is 0.224 e. The van der Waals surface area contributed by atoms with E-state index in [1.807, 2.05) is 32.0 Å². The highest BCUT2D eigenvalue weighted by atomic mass is 32.2. The smallest absolute Gasteiger partial charge is 0.224 e. The third-order valence-electron chi connectivity index (χ3n) is 4.88. The molecule has 6 nitrogen and oxygen atoms in total. The van der Waals surface area contributed by atoms with E-state index in [4.69, 9.17) is 0 Å². The Balaban J connectivity index is 2.02. The topological polar surface area (TPSA) is 74.8 Å². The molecule has 1 aliphatic rings. The molecule has 25 heavy (non-hydrogen) atoms. The van der Waals surface area contributed by atoms with Crippen molar-refractivity contribution in [3.8, 4) is 0 Å². The largest absolute Gasteiger partial charge is 0.342 e. The Labute approximate surface area is 149 Å². The van der Waals surface area contributed by atoms with Crippen LogP contribution in [0.5, 0.6) is 0 Å². The highest BCUT2D eigenvalue weighted by Crippen LogP contribution is 2.21. The number of amides is 2. The molecule has 0 saturated carbocycles. The maximum atomic E-state index is 12.4. The lowest BCUT2D eigenvalue weighted by Gasteiger charge is -2.26. The zero-order valence-corrected chi connectivity index (χ0v) is 16.1. The van der Waals surface area contributed by atoms with Gasteiger partial charge in [0.15, 0.2) is 9.84 Å². The lowest BCUT2D eigenvalue weighted by Crippen LogP contribution is -2.40. The second kappa shape index (κ2) is 7.56. The number of carbonyl (C=O) groups is 2. The number of rotatable bonds is 5. The number of hydrogen-bond donors (Lipinski definition) is 0. The van der Waals surface area contributed by atoms with Gasteiger partial charge < -0.3 is 9.80 Å². The van der Waals surface area contributed by atoms with Gasteiger partial charge in [-0.1, -0.05) is 6.07 Å². The van der Waals surface area contributed by atoms with Crippen LogP contribution < -0.4 is 4.90 Å². The van der Waals surface area contributed by atoms with E-state index in [0.29, 0.717) is 6.42 Å². The summed E-state index contributed by atoms with van der Waals surface area (Å²) in [7, 11) is -1.39. The highest BCUT2D eigenvalue weighted by Gasteiger charge is 2.32. The number of carbonyl (C=O) groups excluding carboxylic acids is 2. The predicted octanol–water partition coefficient (Wildman–Crippen LogP) is 1.69. The first kappa shape index (κ1) is 19.4. The second-order valence-corrected chi connectivity index (χ2v) is 8.98. The monoisotopic (exact) mass is 366 g/mol. The molecule has 0 aliphatic carbocycles. The molecule has 0 bridgehead atoms. The summed E-state index contributed by atoms with van der Waals surface area (Å²) in [5, 5.41) is 0. The van der Waals surface area contributed by atoms with Gasteiger partial charge in [0.2, 0.25) is 11.8 Å². The maximum absolute atomic E-state index is 12.4. The summed E-state index contributed by atoms with van der Waals surface area (Å²) in [4.78, 5) is 27.5. The molecule has 2 amide bonds. The van der Waals surface area contributed by atoms with E-state index in [2.05, 4.69) is 0 Å². The van der Waals surface area contributed by atoms with E-state index in [1.54, 1.807) is 11.9 Å². The highest BCUT2D eigenvalue weighted by molar-refractivity contribution is 7.91. The third kappa shape index (κ3) is 4.81. The molecule has 0 spiro atoms. The fourth-order valence-corrected chi connectivity index (χ4v) is 4.80. The molecule has 1 aromatic rings. The summed E-state index contributed by atoms with van der Waals surface area (Å²) in [6.07, 6.45) is 0.651. The van der Waals surface area contributed by atoms with E-state index in [0.717, 1.165) is 16.8 Å². The summed E-state index contributed by atoms with van der Waals surface area (Å²) in [5.41, 5.74) is 3.00. The van der Waals surface area contributed by atoms with Crippen LogP contribution in [0.25, 0.3) is 0 Å². The molecule has 138 valence electrons. The molecule has 7 heteroatoms. The van der Waals surface area contributed by atoms with Crippen LogP contribution in [0.15, 0.2) is 18.2 Å². The van der Waals surface area contributed by atoms with Crippen LogP contribution in [-0.4, -0.2) is 56.3 Å². The minimum absolute atomic E-state index is 0.0306. The summed E-state index contributed by atoms with van der Waals surface area (Å²) in [6.45, 7) is 5.75. The zero-order chi connectivity index (χ0) is 18.8. The molecule has 1 heterocycles. The van der Waals surface area contributed by atoms with Crippen LogP contribution in [0.2, 0.25) is 0 Å². The molecular formula is C18H26N2O4S. The van der Waals surface area contributed by atoms with Crippen molar-refractivity contribution in [3.63, 3.8) is 0 Å². The molecular weight excluding hydrogens is 340 g/mol. The van der Waals surface area contributed by atoms with Crippen molar-refractivity contribution in [2.75, 3.05) is 30.0 Å². The summed E-state index contributed by atoms with van der Waals surface area (Å²) < 4.78 is 23.2. The number of anilines is 1. The predicted molar refractivity (Wildman–Crippen MR) is 98.4 cm³/mol. The van der Waals surface area contributed by atoms with E-state index in [9.17, 15) is 18.0 Å². The molecule has 1 saturated heterocycles. The van der Waals surface area contributed by atoms with Crippen LogP contribution in [0, 0.1) is 13.8 Å². The number of nitrogens with zero attached hydrogens (tertiary/aromatic N) is 2. The number of aryl methyl sites for hydroxylation is 2. The Bertz CT molecular complexity index is 773. The summed E-state index contributed by atoms with van der Waals surface area (Å²) in [5.74, 6) is -0.0975. The molecule has 1 unspecified atom stereocenters. The standard InChI is InChI=1S/C18H26N2O4S/c1-13-5-6-16(11-14(13)2)20(15(3)21)9-7-18(22)19(4)17-8-10-25(23,24)12-17/h5-6,11,17H,7-10,12H2,1-4H3. The molecule has 1 aliphatic heterocycles. The first-order chi connectivity index (χ1) is 11.6. The third-order valence-corrected chi connectivity index (χ3v) is 6.63. The summed E-state index contributed by atoms with van der Waals surface area (Å²) in [6, 6.07) is 5.51. The van der Waals surface area contributed by atoms with Gasteiger partial charge in [-0.15, -0.1) is 0 Å². The van der Waals surface area contributed by atoms with E-state index in [-0.39, 0.29) is 42.3 Å². The molecule has 2 rings (SSSR count). The Morgan fingerprint density at radius 2 is 1.88 bits per heavy atom. The Kier molecular flexibility index (Phi) is 5.87. The summed E-state index contributed by atoms with van der Waals surface area (Å²) >= 11 is 0. The molecule has 0 aromatic heterocycles. The van der Waals surface area contributed by atoms with Gasteiger partial charge in [-0.05, 0) is 43.5 Å². The van der Waals surface area contributed by atoms with E-state index >= 15 is 0 Å².